The molecule has 1 aliphatic rings. The molecule has 0 radical (unpaired) electrons. The fourth-order valence-electron chi connectivity index (χ4n) is 2.22. The number of hydrogen-bond acceptors (Lipinski definition) is 4. The van der Waals surface area contributed by atoms with E-state index in [1.54, 1.807) is 0 Å². The largest absolute Gasteiger partial charge is 0.390 e. The molecule has 0 aliphatic carbocycles. The van der Waals surface area contributed by atoms with Crippen LogP contribution < -0.4 is 0 Å². The summed E-state index contributed by atoms with van der Waals surface area (Å²) in [7, 11) is -1.22. The molecule has 1 fully saturated rings. The quantitative estimate of drug-likeness (QED) is 0.842. The van der Waals surface area contributed by atoms with E-state index < -0.39 is 15.9 Å². The van der Waals surface area contributed by atoms with Crippen molar-refractivity contribution in [2.24, 2.45) is 0 Å². The van der Waals surface area contributed by atoms with E-state index in [0.29, 0.717) is 6.54 Å². The van der Waals surface area contributed by atoms with Gasteiger partial charge in [-0.3, -0.25) is 4.90 Å². The van der Waals surface area contributed by atoms with Gasteiger partial charge in [0, 0.05) is 6.54 Å². The van der Waals surface area contributed by atoms with Crippen molar-refractivity contribution in [2.75, 3.05) is 18.6 Å². The Morgan fingerprint density at radius 1 is 1.29 bits per heavy atom. The highest BCUT2D eigenvalue weighted by molar-refractivity contribution is 7.91. The lowest BCUT2D eigenvalue weighted by Crippen LogP contribution is -2.39. The summed E-state index contributed by atoms with van der Waals surface area (Å²) in [5.74, 6) is -0.0612. The van der Waals surface area contributed by atoms with Crippen molar-refractivity contribution in [1.82, 2.24) is 4.90 Å². The summed E-state index contributed by atoms with van der Waals surface area (Å²) in [6, 6.07) is 9.53. The summed E-state index contributed by atoms with van der Waals surface area (Å²) < 4.78 is 22.8. The molecular weight excluding hydrogens is 238 g/mol. The second kappa shape index (κ2) is 4.76. The lowest BCUT2D eigenvalue weighted by Gasteiger charge is -2.25. The molecule has 2 unspecified atom stereocenters. The molecule has 94 valence electrons. The Bertz CT molecular complexity index is 472. The normalized spacial score (nSPS) is 27.5. The third kappa shape index (κ3) is 3.06. The smallest absolute Gasteiger partial charge is 0.154 e. The van der Waals surface area contributed by atoms with E-state index in [4.69, 9.17) is 0 Å². The van der Waals surface area contributed by atoms with E-state index in [2.05, 4.69) is 0 Å². The predicted octanol–water partition coefficient (Wildman–Crippen LogP) is 0.276. The van der Waals surface area contributed by atoms with Crippen LogP contribution >= 0.6 is 0 Å². The van der Waals surface area contributed by atoms with Crippen molar-refractivity contribution < 1.29 is 13.5 Å². The maximum absolute atomic E-state index is 11.4. The van der Waals surface area contributed by atoms with Gasteiger partial charge in [0.25, 0.3) is 0 Å². The lowest BCUT2D eigenvalue weighted by atomic mass is 10.1. The van der Waals surface area contributed by atoms with Gasteiger partial charge in [0.15, 0.2) is 9.84 Å². The highest BCUT2D eigenvalue weighted by Crippen LogP contribution is 2.19. The van der Waals surface area contributed by atoms with Crippen LogP contribution in [0.3, 0.4) is 0 Å². The molecule has 1 heterocycles. The molecule has 1 saturated heterocycles. The minimum atomic E-state index is -3.07. The predicted molar refractivity (Wildman–Crippen MR) is 66.4 cm³/mol. The van der Waals surface area contributed by atoms with Crippen molar-refractivity contribution in [1.29, 1.82) is 0 Å². The maximum atomic E-state index is 11.4. The molecule has 0 saturated carbocycles. The van der Waals surface area contributed by atoms with Crippen molar-refractivity contribution >= 4 is 9.84 Å². The van der Waals surface area contributed by atoms with E-state index in [-0.39, 0.29) is 17.5 Å². The van der Waals surface area contributed by atoms with Gasteiger partial charge in [0.1, 0.15) is 0 Å². The minimum absolute atomic E-state index is 0.0531. The van der Waals surface area contributed by atoms with Gasteiger partial charge >= 0.3 is 0 Å². The zero-order valence-electron chi connectivity index (χ0n) is 9.78. The molecule has 0 spiro atoms. The highest BCUT2D eigenvalue weighted by Gasteiger charge is 2.38. The molecule has 1 N–H and O–H groups in total. The van der Waals surface area contributed by atoms with Crippen LogP contribution in [-0.4, -0.2) is 49.1 Å². The molecule has 0 bridgehead atoms. The van der Waals surface area contributed by atoms with Crippen molar-refractivity contribution in [2.45, 2.75) is 18.7 Å². The Balaban J connectivity index is 2.04. The fraction of sp³-hybridized carbons (Fsp3) is 0.500. The average molecular weight is 255 g/mol. The SMILES string of the molecule is CN(Cc1ccccc1)C1CS(=O)(=O)CC1O. The lowest BCUT2D eigenvalue weighted by molar-refractivity contribution is 0.0958. The van der Waals surface area contributed by atoms with Crippen molar-refractivity contribution in [3.63, 3.8) is 0 Å². The maximum Gasteiger partial charge on any atom is 0.154 e. The molecule has 2 rings (SSSR count). The minimum Gasteiger partial charge on any atom is -0.390 e. The van der Waals surface area contributed by atoms with Gasteiger partial charge in [-0.1, -0.05) is 30.3 Å². The Hall–Kier alpha value is -0.910. The highest BCUT2D eigenvalue weighted by atomic mass is 32.2. The summed E-state index contributed by atoms with van der Waals surface area (Å²) in [4.78, 5) is 1.91. The van der Waals surface area contributed by atoms with Crippen LogP contribution in [0.5, 0.6) is 0 Å². The van der Waals surface area contributed by atoms with E-state index in [0.717, 1.165) is 5.56 Å². The van der Waals surface area contributed by atoms with Crippen molar-refractivity contribution in [3.8, 4) is 0 Å². The molecule has 5 heteroatoms. The summed E-state index contributed by atoms with van der Waals surface area (Å²) in [6.07, 6.45) is -0.770. The second-order valence-electron chi connectivity index (χ2n) is 4.61. The Kier molecular flexibility index (Phi) is 3.51. The van der Waals surface area contributed by atoms with Crippen LogP contribution in [0.25, 0.3) is 0 Å². The molecular formula is C12H17NO3S. The number of nitrogens with zero attached hydrogens (tertiary/aromatic N) is 1. The first kappa shape index (κ1) is 12.5. The summed E-state index contributed by atoms with van der Waals surface area (Å²) in [5, 5.41) is 9.75. The first-order chi connectivity index (χ1) is 7.98. The Labute approximate surface area is 102 Å². The number of benzene rings is 1. The number of hydrogen-bond donors (Lipinski definition) is 1. The van der Waals surface area contributed by atoms with Crippen LogP contribution in [0, 0.1) is 0 Å². The molecule has 1 aliphatic heterocycles. The number of aliphatic hydroxyl groups is 1. The third-order valence-electron chi connectivity index (χ3n) is 3.13. The van der Waals surface area contributed by atoms with Crippen LogP contribution in [0.15, 0.2) is 30.3 Å². The molecule has 4 nitrogen and oxygen atoms in total. The first-order valence-corrected chi connectivity index (χ1v) is 7.43. The number of rotatable bonds is 3. The van der Waals surface area contributed by atoms with E-state index in [9.17, 15) is 13.5 Å². The molecule has 1 aromatic carbocycles. The molecule has 0 aromatic heterocycles. The summed E-state index contributed by atoms with van der Waals surface area (Å²) >= 11 is 0. The summed E-state index contributed by atoms with van der Waals surface area (Å²) in [6.45, 7) is 0.651. The third-order valence-corrected chi connectivity index (χ3v) is 4.83. The number of aliphatic hydroxyl groups excluding tert-OH is 1. The van der Waals surface area contributed by atoms with E-state index in [1.165, 1.54) is 0 Å². The zero-order chi connectivity index (χ0) is 12.5. The van der Waals surface area contributed by atoms with Gasteiger partial charge in [-0.25, -0.2) is 8.42 Å². The Morgan fingerprint density at radius 2 is 1.94 bits per heavy atom. The van der Waals surface area contributed by atoms with Crippen LogP contribution in [-0.2, 0) is 16.4 Å². The number of likely N-dealkylation sites (N-methyl/N-ethyl adjacent to an activating group) is 1. The molecule has 1 aromatic rings. The van der Waals surface area contributed by atoms with E-state index >= 15 is 0 Å². The number of sulfone groups is 1. The monoisotopic (exact) mass is 255 g/mol. The molecule has 0 amide bonds. The molecule has 17 heavy (non-hydrogen) atoms. The second-order valence-corrected chi connectivity index (χ2v) is 6.77. The standard InChI is InChI=1S/C12H17NO3S/c1-13(7-10-5-3-2-4-6-10)11-8-17(15,16)9-12(11)14/h2-6,11-12,14H,7-9H2,1H3. The van der Waals surface area contributed by atoms with Crippen LogP contribution in [0.2, 0.25) is 0 Å². The van der Waals surface area contributed by atoms with E-state index in [1.807, 2.05) is 42.3 Å². The van der Waals surface area contributed by atoms with Crippen molar-refractivity contribution in [3.05, 3.63) is 35.9 Å². The van der Waals surface area contributed by atoms with Crippen LogP contribution in [0.4, 0.5) is 0 Å². The average Bonchev–Trinajstić information content (AvgIpc) is 2.54. The van der Waals surface area contributed by atoms with Gasteiger partial charge in [0.2, 0.25) is 0 Å². The van der Waals surface area contributed by atoms with Crippen LogP contribution in [0.1, 0.15) is 5.56 Å². The molecule has 2 atom stereocenters. The Morgan fingerprint density at radius 3 is 2.47 bits per heavy atom. The summed E-state index contributed by atoms with van der Waals surface area (Å²) in [5.41, 5.74) is 1.12. The van der Waals surface area contributed by atoms with Gasteiger partial charge in [-0.2, -0.15) is 0 Å². The first-order valence-electron chi connectivity index (χ1n) is 5.60. The van der Waals surface area contributed by atoms with Gasteiger partial charge in [-0.15, -0.1) is 0 Å². The van der Waals surface area contributed by atoms with Gasteiger partial charge in [0.05, 0.1) is 23.7 Å². The topological polar surface area (TPSA) is 57.6 Å². The van der Waals surface area contributed by atoms with Gasteiger partial charge < -0.3 is 5.11 Å². The fourth-order valence-corrected chi connectivity index (χ4v) is 4.10. The van der Waals surface area contributed by atoms with Gasteiger partial charge in [-0.05, 0) is 12.6 Å². The zero-order valence-corrected chi connectivity index (χ0v) is 10.6.